The molecule has 1 aromatic carbocycles. The lowest BCUT2D eigenvalue weighted by molar-refractivity contribution is 0.0665. The second kappa shape index (κ2) is 5.54. The van der Waals surface area contributed by atoms with E-state index in [0.717, 1.165) is 30.8 Å². The summed E-state index contributed by atoms with van der Waals surface area (Å²) in [7, 11) is 0. The van der Waals surface area contributed by atoms with Crippen LogP contribution >= 0.6 is 0 Å². The Morgan fingerprint density at radius 2 is 2.10 bits per heavy atom. The summed E-state index contributed by atoms with van der Waals surface area (Å²) in [6.07, 6.45) is 2.55. The van der Waals surface area contributed by atoms with Crippen LogP contribution in [0.3, 0.4) is 0 Å². The Balaban J connectivity index is 1.64. The van der Waals surface area contributed by atoms with Gasteiger partial charge in [0.1, 0.15) is 17.9 Å². The second-order valence-electron chi connectivity index (χ2n) is 5.01. The van der Waals surface area contributed by atoms with Gasteiger partial charge in [-0.3, -0.25) is 4.90 Å². The molecular weight excluding hydrogens is 258 g/mol. The average Bonchev–Trinajstić information content (AvgIpc) is 3.06. The second-order valence-corrected chi connectivity index (χ2v) is 5.01. The summed E-state index contributed by atoms with van der Waals surface area (Å²) in [5.74, 6) is -0.360. The number of fused-ring (bicyclic) bond motifs is 1. The molecule has 20 heavy (non-hydrogen) atoms. The van der Waals surface area contributed by atoms with Gasteiger partial charge < -0.3 is 14.3 Å². The largest absolute Gasteiger partial charge is 0.492 e. The first-order valence-corrected chi connectivity index (χ1v) is 6.84. The predicted molar refractivity (Wildman–Crippen MR) is 74.3 cm³/mol. The maximum absolute atomic E-state index is 10.8. The van der Waals surface area contributed by atoms with E-state index >= 15 is 0 Å². The number of benzene rings is 1. The molecule has 0 radical (unpaired) electrons. The summed E-state index contributed by atoms with van der Waals surface area (Å²) in [6.45, 7) is 3.90. The number of hydrogen-bond acceptors (Lipinski definition) is 4. The molecule has 106 valence electrons. The highest BCUT2D eigenvalue weighted by atomic mass is 16.5. The molecule has 0 spiro atoms. The van der Waals surface area contributed by atoms with Gasteiger partial charge >= 0.3 is 5.97 Å². The SMILES string of the molecule is O=C(O)c1cc2cc(OCCN3CCCC3)ccc2o1. The van der Waals surface area contributed by atoms with E-state index in [1.54, 1.807) is 12.1 Å². The van der Waals surface area contributed by atoms with Crippen LogP contribution in [0, 0.1) is 0 Å². The minimum Gasteiger partial charge on any atom is -0.492 e. The molecule has 3 rings (SSSR count). The number of aromatic carboxylic acids is 1. The predicted octanol–water partition coefficient (Wildman–Crippen LogP) is 2.61. The lowest BCUT2D eigenvalue weighted by Crippen LogP contribution is -2.25. The number of hydrogen-bond donors (Lipinski definition) is 1. The van der Waals surface area contributed by atoms with Crippen molar-refractivity contribution in [3.8, 4) is 5.75 Å². The van der Waals surface area contributed by atoms with Crippen molar-refractivity contribution < 1.29 is 19.1 Å². The lowest BCUT2D eigenvalue weighted by atomic mass is 10.2. The fourth-order valence-electron chi connectivity index (χ4n) is 2.52. The van der Waals surface area contributed by atoms with Crippen molar-refractivity contribution in [2.24, 2.45) is 0 Å². The zero-order chi connectivity index (χ0) is 13.9. The molecular formula is C15H17NO4. The Hall–Kier alpha value is -2.01. The van der Waals surface area contributed by atoms with Gasteiger partial charge in [-0.2, -0.15) is 0 Å². The minimum atomic E-state index is -1.06. The third-order valence-electron chi connectivity index (χ3n) is 3.57. The van der Waals surface area contributed by atoms with E-state index in [2.05, 4.69) is 4.90 Å². The van der Waals surface area contributed by atoms with Crippen LogP contribution in [-0.4, -0.2) is 42.2 Å². The van der Waals surface area contributed by atoms with Gasteiger partial charge in [-0.1, -0.05) is 0 Å². The molecule has 5 nitrogen and oxygen atoms in total. The molecule has 1 aromatic heterocycles. The van der Waals surface area contributed by atoms with Gasteiger partial charge in [0.2, 0.25) is 5.76 Å². The standard InChI is InChI=1S/C15H17NO4/c17-15(18)14-10-11-9-12(3-4-13(11)20-14)19-8-7-16-5-1-2-6-16/h3-4,9-10H,1-2,5-8H2,(H,17,18). The summed E-state index contributed by atoms with van der Waals surface area (Å²) in [5, 5.41) is 9.64. The maximum atomic E-state index is 10.8. The maximum Gasteiger partial charge on any atom is 0.371 e. The number of carboxylic acids is 1. The Kier molecular flexibility index (Phi) is 3.60. The molecule has 0 unspecified atom stereocenters. The van der Waals surface area contributed by atoms with Gasteiger partial charge in [-0.15, -0.1) is 0 Å². The van der Waals surface area contributed by atoms with Crippen LogP contribution in [0.4, 0.5) is 0 Å². The van der Waals surface area contributed by atoms with Gasteiger partial charge in [0, 0.05) is 11.9 Å². The summed E-state index contributed by atoms with van der Waals surface area (Å²) in [6, 6.07) is 6.88. The molecule has 1 aliphatic heterocycles. The number of carbonyl (C=O) groups is 1. The first-order chi connectivity index (χ1) is 9.72. The molecule has 1 saturated heterocycles. The molecule has 0 bridgehead atoms. The van der Waals surface area contributed by atoms with Crippen molar-refractivity contribution in [1.82, 2.24) is 4.90 Å². The number of furan rings is 1. The Morgan fingerprint density at radius 3 is 2.85 bits per heavy atom. The fraction of sp³-hybridized carbons (Fsp3) is 0.400. The van der Waals surface area contributed by atoms with Crippen LogP contribution < -0.4 is 4.74 Å². The van der Waals surface area contributed by atoms with Gasteiger partial charge in [0.25, 0.3) is 0 Å². The van der Waals surface area contributed by atoms with Crippen molar-refractivity contribution in [1.29, 1.82) is 0 Å². The lowest BCUT2D eigenvalue weighted by Gasteiger charge is -2.14. The molecule has 0 amide bonds. The molecule has 2 heterocycles. The number of ether oxygens (including phenoxy) is 1. The van der Waals surface area contributed by atoms with Crippen LogP contribution in [0.1, 0.15) is 23.4 Å². The highest BCUT2D eigenvalue weighted by Gasteiger charge is 2.12. The van der Waals surface area contributed by atoms with Gasteiger partial charge in [0.15, 0.2) is 0 Å². The average molecular weight is 275 g/mol. The van der Waals surface area contributed by atoms with E-state index < -0.39 is 5.97 Å². The van der Waals surface area contributed by atoms with Gasteiger partial charge in [-0.05, 0) is 50.2 Å². The first kappa shape index (κ1) is 13.0. The van der Waals surface area contributed by atoms with Crippen LogP contribution in [0.5, 0.6) is 5.75 Å². The Labute approximate surface area is 116 Å². The summed E-state index contributed by atoms with van der Waals surface area (Å²) >= 11 is 0. The minimum absolute atomic E-state index is 0.0470. The van der Waals surface area contributed by atoms with Crippen molar-refractivity contribution in [2.45, 2.75) is 12.8 Å². The molecule has 1 N–H and O–H groups in total. The highest BCUT2D eigenvalue weighted by molar-refractivity contribution is 5.91. The molecule has 0 atom stereocenters. The van der Waals surface area contributed by atoms with E-state index in [1.807, 2.05) is 6.07 Å². The molecule has 5 heteroatoms. The molecule has 0 aliphatic carbocycles. The van der Waals surface area contributed by atoms with E-state index in [1.165, 1.54) is 18.9 Å². The van der Waals surface area contributed by atoms with Crippen LogP contribution in [0.2, 0.25) is 0 Å². The summed E-state index contributed by atoms with van der Waals surface area (Å²) in [5.41, 5.74) is 0.564. The molecule has 1 fully saturated rings. The van der Waals surface area contributed by atoms with Gasteiger partial charge in [0.05, 0.1) is 0 Å². The van der Waals surface area contributed by atoms with Gasteiger partial charge in [-0.25, -0.2) is 4.79 Å². The number of nitrogens with zero attached hydrogens (tertiary/aromatic N) is 1. The Bertz CT molecular complexity index is 613. The molecule has 2 aromatic rings. The van der Waals surface area contributed by atoms with Crippen molar-refractivity contribution in [3.63, 3.8) is 0 Å². The summed E-state index contributed by atoms with van der Waals surface area (Å²) in [4.78, 5) is 13.2. The zero-order valence-electron chi connectivity index (χ0n) is 11.2. The van der Waals surface area contributed by atoms with Crippen LogP contribution in [0.15, 0.2) is 28.7 Å². The Morgan fingerprint density at radius 1 is 1.30 bits per heavy atom. The smallest absolute Gasteiger partial charge is 0.371 e. The van der Waals surface area contributed by atoms with E-state index in [4.69, 9.17) is 14.3 Å². The molecule has 0 saturated carbocycles. The van der Waals surface area contributed by atoms with Crippen molar-refractivity contribution in [3.05, 3.63) is 30.0 Å². The van der Waals surface area contributed by atoms with E-state index in [-0.39, 0.29) is 5.76 Å². The first-order valence-electron chi connectivity index (χ1n) is 6.84. The third-order valence-corrected chi connectivity index (χ3v) is 3.57. The van der Waals surface area contributed by atoms with Crippen LogP contribution in [-0.2, 0) is 0 Å². The normalized spacial score (nSPS) is 15.8. The number of carboxylic acid groups (broad SMARTS) is 1. The number of rotatable bonds is 5. The topological polar surface area (TPSA) is 62.9 Å². The van der Waals surface area contributed by atoms with E-state index in [0.29, 0.717) is 12.2 Å². The zero-order valence-corrected chi connectivity index (χ0v) is 11.2. The summed E-state index contributed by atoms with van der Waals surface area (Å²) < 4.78 is 10.9. The van der Waals surface area contributed by atoms with Crippen molar-refractivity contribution >= 4 is 16.9 Å². The number of likely N-dealkylation sites (tertiary alicyclic amines) is 1. The monoisotopic (exact) mass is 275 g/mol. The third kappa shape index (κ3) is 2.77. The quantitative estimate of drug-likeness (QED) is 0.908. The van der Waals surface area contributed by atoms with Crippen molar-refractivity contribution in [2.75, 3.05) is 26.2 Å². The van der Waals surface area contributed by atoms with E-state index in [9.17, 15) is 4.79 Å². The van der Waals surface area contributed by atoms with Crippen LogP contribution in [0.25, 0.3) is 11.0 Å². The molecule has 1 aliphatic rings. The highest BCUT2D eigenvalue weighted by Crippen LogP contribution is 2.24. The fourth-order valence-corrected chi connectivity index (χ4v) is 2.52.